The summed E-state index contributed by atoms with van der Waals surface area (Å²) in [5.41, 5.74) is 3.43. The van der Waals surface area contributed by atoms with Gasteiger partial charge in [0.25, 0.3) is 0 Å². The molecule has 1 aromatic rings. The maximum atomic E-state index is 11.4. The smallest absolute Gasteiger partial charge is 0.228 e. The van der Waals surface area contributed by atoms with Crippen molar-refractivity contribution < 1.29 is 4.79 Å². The molecule has 2 atom stereocenters. The van der Waals surface area contributed by atoms with Crippen molar-refractivity contribution in [1.82, 2.24) is 0 Å². The van der Waals surface area contributed by atoms with Crippen LogP contribution in [0.1, 0.15) is 36.8 Å². The molecule has 3 rings (SSSR count). The maximum Gasteiger partial charge on any atom is 0.228 e. The Morgan fingerprint density at radius 2 is 2.17 bits per heavy atom. The van der Waals surface area contributed by atoms with Gasteiger partial charge >= 0.3 is 0 Å². The van der Waals surface area contributed by atoms with Gasteiger partial charge in [-0.15, -0.1) is 11.6 Å². The van der Waals surface area contributed by atoms with Crippen molar-refractivity contribution in [3.63, 3.8) is 0 Å². The maximum absolute atomic E-state index is 11.4. The van der Waals surface area contributed by atoms with Gasteiger partial charge in [0.1, 0.15) is 0 Å². The molecule has 1 saturated carbocycles. The molecule has 2 unspecified atom stereocenters. The fraction of sp³-hybridized carbons (Fsp3) is 0.500. The second kappa shape index (κ2) is 3.97. The van der Waals surface area contributed by atoms with E-state index in [1.54, 1.807) is 0 Å². The molecule has 1 aliphatic carbocycles. The highest BCUT2D eigenvalue weighted by Crippen LogP contribution is 2.60. The van der Waals surface area contributed by atoms with E-state index < -0.39 is 0 Å². The summed E-state index contributed by atoms with van der Waals surface area (Å²) in [6, 6.07) is 4.05. The summed E-state index contributed by atoms with van der Waals surface area (Å²) in [5, 5.41) is 2.88. The summed E-state index contributed by atoms with van der Waals surface area (Å²) in [6.07, 6.45) is 1.63. The van der Waals surface area contributed by atoms with Crippen LogP contribution >= 0.6 is 27.5 Å². The second-order valence-electron chi connectivity index (χ2n) is 5.96. The molecule has 4 heteroatoms. The van der Waals surface area contributed by atoms with E-state index in [2.05, 4.69) is 41.2 Å². The van der Waals surface area contributed by atoms with Crippen LogP contribution in [-0.4, -0.2) is 5.91 Å². The number of carbonyl (C=O) groups is 1. The first-order valence-corrected chi connectivity index (χ1v) is 7.38. The van der Waals surface area contributed by atoms with Crippen LogP contribution in [0.3, 0.4) is 0 Å². The first-order valence-electron chi connectivity index (χ1n) is 6.15. The third-order valence-corrected chi connectivity index (χ3v) is 5.31. The number of alkyl halides is 1. The molecule has 0 bridgehead atoms. The number of hydrogen-bond acceptors (Lipinski definition) is 1. The lowest BCUT2D eigenvalue weighted by Gasteiger charge is -2.15. The number of nitrogens with one attached hydrogen (secondary N) is 1. The normalized spacial score (nSPS) is 25.6. The first-order chi connectivity index (χ1) is 8.38. The van der Waals surface area contributed by atoms with Crippen molar-refractivity contribution in [2.45, 2.75) is 32.1 Å². The van der Waals surface area contributed by atoms with Gasteiger partial charge in [-0.2, -0.15) is 0 Å². The number of carbonyl (C=O) groups excluding carboxylic acids is 1. The van der Waals surface area contributed by atoms with Gasteiger partial charge < -0.3 is 5.32 Å². The molecule has 0 saturated heterocycles. The summed E-state index contributed by atoms with van der Waals surface area (Å²) < 4.78 is 0.992. The Bertz CT molecular complexity index is 541. The minimum absolute atomic E-state index is 0.0235. The zero-order valence-corrected chi connectivity index (χ0v) is 12.7. The van der Waals surface area contributed by atoms with Gasteiger partial charge in [-0.05, 0) is 34.9 Å². The summed E-state index contributed by atoms with van der Waals surface area (Å²) in [4.78, 5) is 11.4. The number of benzene rings is 1. The third-order valence-electron chi connectivity index (χ3n) is 4.09. The van der Waals surface area contributed by atoms with Gasteiger partial charge in [-0.1, -0.05) is 35.8 Å². The lowest BCUT2D eigenvalue weighted by molar-refractivity contribution is -0.115. The molecule has 1 aromatic carbocycles. The Balaban J connectivity index is 1.94. The highest BCUT2D eigenvalue weighted by Gasteiger charge is 2.50. The summed E-state index contributed by atoms with van der Waals surface area (Å²) in [5.74, 6) is 0.588. The fourth-order valence-electron chi connectivity index (χ4n) is 2.70. The van der Waals surface area contributed by atoms with E-state index in [0.29, 0.717) is 17.8 Å². The number of halogens is 2. The van der Waals surface area contributed by atoms with Gasteiger partial charge in [0.15, 0.2) is 0 Å². The highest BCUT2D eigenvalue weighted by atomic mass is 79.9. The van der Waals surface area contributed by atoms with E-state index in [1.165, 1.54) is 6.42 Å². The predicted molar refractivity (Wildman–Crippen MR) is 77.0 cm³/mol. The van der Waals surface area contributed by atoms with Crippen LogP contribution in [0.2, 0.25) is 0 Å². The Hall–Kier alpha value is -0.540. The van der Waals surface area contributed by atoms with E-state index in [4.69, 9.17) is 11.6 Å². The fourth-order valence-corrected chi connectivity index (χ4v) is 4.04. The number of fused-ring (bicyclic) bond motifs is 1. The van der Waals surface area contributed by atoms with E-state index in [0.717, 1.165) is 21.3 Å². The minimum Gasteiger partial charge on any atom is -0.325 e. The van der Waals surface area contributed by atoms with Crippen LogP contribution in [0.5, 0.6) is 0 Å². The molecule has 96 valence electrons. The Morgan fingerprint density at radius 1 is 1.50 bits per heavy atom. The Kier molecular flexibility index (Phi) is 2.76. The van der Waals surface area contributed by atoms with Crippen LogP contribution in [0, 0.1) is 11.3 Å². The number of anilines is 1. The lowest BCUT2D eigenvalue weighted by Crippen LogP contribution is -2.03. The van der Waals surface area contributed by atoms with E-state index >= 15 is 0 Å². The van der Waals surface area contributed by atoms with Crippen molar-refractivity contribution >= 4 is 39.1 Å². The summed E-state index contributed by atoms with van der Waals surface area (Å²) in [6.45, 7) is 4.50. The van der Waals surface area contributed by atoms with E-state index in [-0.39, 0.29) is 11.3 Å². The van der Waals surface area contributed by atoms with Crippen molar-refractivity contribution in [2.24, 2.45) is 11.3 Å². The molecule has 1 aliphatic heterocycles. The first kappa shape index (κ1) is 12.5. The molecule has 0 radical (unpaired) electrons. The Morgan fingerprint density at radius 3 is 2.78 bits per heavy atom. The van der Waals surface area contributed by atoms with Crippen LogP contribution < -0.4 is 5.32 Å². The molecule has 2 aliphatic rings. The lowest BCUT2D eigenvalue weighted by atomic mass is 9.99. The van der Waals surface area contributed by atoms with Crippen molar-refractivity contribution in [3.05, 3.63) is 27.7 Å². The average molecular weight is 329 g/mol. The van der Waals surface area contributed by atoms with Crippen molar-refractivity contribution in [2.75, 3.05) is 5.32 Å². The zero-order chi connectivity index (χ0) is 13.1. The van der Waals surface area contributed by atoms with Gasteiger partial charge in [-0.25, -0.2) is 0 Å². The second-order valence-corrected chi connectivity index (χ2v) is 7.28. The third kappa shape index (κ3) is 1.97. The molecule has 1 N–H and O–H groups in total. The zero-order valence-electron chi connectivity index (χ0n) is 10.4. The van der Waals surface area contributed by atoms with Crippen LogP contribution in [-0.2, 0) is 11.2 Å². The summed E-state index contributed by atoms with van der Waals surface area (Å²) in [7, 11) is 0. The topological polar surface area (TPSA) is 29.1 Å². The van der Waals surface area contributed by atoms with Gasteiger partial charge in [0.05, 0.1) is 11.8 Å². The summed E-state index contributed by atoms with van der Waals surface area (Å²) >= 11 is 10.2. The van der Waals surface area contributed by atoms with Crippen LogP contribution in [0.4, 0.5) is 5.69 Å². The number of amides is 1. The SMILES string of the molecule is CC1(C)CC1C(Cl)c1cc2c(cc1Br)NC(=O)C2. The quantitative estimate of drug-likeness (QED) is 0.807. The molecular formula is C14H15BrClNO. The molecule has 2 nitrogen and oxygen atoms in total. The number of hydrogen-bond donors (Lipinski definition) is 1. The number of rotatable bonds is 2. The Labute approximate surface area is 120 Å². The van der Waals surface area contributed by atoms with Gasteiger partial charge in [0, 0.05) is 10.2 Å². The average Bonchev–Trinajstić information content (AvgIpc) is 2.75. The highest BCUT2D eigenvalue weighted by molar-refractivity contribution is 9.10. The molecule has 1 fully saturated rings. The minimum atomic E-state index is 0.0235. The molecule has 1 amide bonds. The van der Waals surface area contributed by atoms with Crippen molar-refractivity contribution in [3.8, 4) is 0 Å². The van der Waals surface area contributed by atoms with Crippen LogP contribution in [0.15, 0.2) is 16.6 Å². The molecule has 1 heterocycles. The van der Waals surface area contributed by atoms with Gasteiger partial charge in [0.2, 0.25) is 5.91 Å². The molecule has 18 heavy (non-hydrogen) atoms. The molecular weight excluding hydrogens is 314 g/mol. The van der Waals surface area contributed by atoms with E-state index in [1.807, 2.05) is 6.07 Å². The predicted octanol–water partition coefficient (Wildman–Crippen LogP) is 4.27. The monoisotopic (exact) mass is 327 g/mol. The molecule has 0 aromatic heterocycles. The van der Waals surface area contributed by atoms with Gasteiger partial charge in [-0.3, -0.25) is 4.79 Å². The van der Waals surface area contributed by atoms with E-state index in [9.17, 15) is 4.79 Å². The van der Waals surface area contributed by atoms with Crippen LogP contribution in [0.25, 0.3) is 0 Å². The largest absolute Gasteiger partial charge is 0.325 e. The van der Waals surface area contributed by atoms with Crippen molar-refractivity contribution in [1.29, 1.82) is 0 Å². The molecule has 0 spiro atoms. The standard InChI is InChI=1S/C14H15BrClNO/c1-14(2)6-9(14)13(16)8-3-7-4-12(18)17-11(7)5-10(8)15/h3,5,9,13H,4,6H2,1-2H3,(H,17,18).